The second-order valence-electron chi connectivity index (χ2n) is 3.96. The van der Waals surface area contributed by atoms with E-state index in [1.54, 1.807) is 23.5 Å². The topological polar surface area (TPSA) is 75.2 Å². The summed E-state index contributed by atoms with van der Waals surface area (Å²) < 4.78 is 10.7. The molecule has 0 radical (unpaired) electrons. The molecule has 0 unspecified atom stereocenters. The van der Waals surface area contributed by atoms with Gasteiger partial charge in [0.2, 0.25) is 5.79 Å². The number of unbranched alkanes of at least 4 members (excludes halogenated alkanes) is 1. The Labute approximate surface area is 94.0 Å². The third kappa shape index (κ3) is 2.65. The second kappa shape index (κ2) is 4.42. The van der Waals surface area contributed by atoms with E-state index < -0.39 is 5.79 Å². The first kappa shape index (κ1) is 10.8. The maximum Gasteiger partial charge on any atom is 0.247 e. The molecular weight excluding hydrogens is 208 g/mol. The van der Waals surface area contributed by atoms with Crippen molar-refractivity contribution in [3.8, 4) is 0 Å². The number of nitrogens with zero attached hydrogens (tertiary/aromatic N) is 3. The molecule has 2 heterocycles. The van der Waals surface area contributed by atoms with Crippen LogP contribution in [0.4, 0.5) is 5.82 Å². The van der Waals surface area contributed by atoms with Crippen molar-refractivity contribution in [1.29, 1.82) is 0 Å². The van der Waals surface area contributed by atoms with Gasteiger partial charge in [-0.2, -0.15) is 9.90 Å². The summed E-state index contributed by atoms with van der Waals surface area (Å²) >= 11 is 0. The van der Waals surface area contributed by atoms with Crippen LogP contribution in [0, 0.1) is 0 Å². The highest BCUT2D eigenvalue weighted by molar-refractivity contribution is 5.19. The van der Waals surface area contributed by atoms with Crippen molar-refractivity contribution in [2.45, 2.75) is 38.5 Å². The molecule has 2 rings (SSSR count). The van der Waals surface area contributed by atoms with Gasteiger partial charge in [-0.1, -0.05) is 0 Å². The van der Waals surface area contributed by atoms with Gasteiger partial charge in [0.1, 0.15) is 12.5 Å². The van der Waals surface area contributed by atoms with Crippen molar-refractivity contribution in [3.05, 3.63) is 18.7 Å². The molecular formula is C10H16N4O2. The molecule has 0 bridgehead atoms. The minimum absolute atomic E-state index is 0.457. The molecule has 6 nitrogen and oxygen atoms in total. The molecule has 0 aromatic carbocycles. The Hall–Kier alpha value is -1.72. The van der Waals surface area contributed by atoms with Gasteiger partial charge in [-0.3, -0.25) is 0 Å². The van der Waals surface area contributed by atoms with Crippen LogP contribution in [-0.4, -0.2) is 20.8 Å². The highest BCUT2D eigenvalue weighted by atomic mass is 16.7. The number of aromatic nitrogens is 3. The third-order valence-electron chi connectivity index (χ3n) is 2.48. The molecule has 0 aliphatic carbocycles. The fraction of sp³-hybridized carbons (Fsp3) is 0.600. The molecule has 6 heteroatoms. The van der Waals surface area contributed by atoms with Crippen LogP contribution in [0.2, 0.25) is 0 Å². The molecule has 0 atom stereocenters. The molecule has 0 amide bonds. The quantitative estimate of drug-likeness (QED) is 0.762. The summed E-state index contributed by atoms with van der Waals surface area (Å²) in [6, 6.07) is 0. The summed E-state index contributed by atoms with van der Waals surface area (Å²) in [5, 5.41) is 8.01. The number of rotatable bonds is 5. The summed E-state index contributed by atoms with van der Waals surface area (Å²) in [7, 11) is 0. The van der Waals surface area contributed by atoms with Gasteiger partial charge < -0.3 is 15.2 Å². The predicted molar refractivity (Wildman–Crippen MR) is 58.0 cm³/mol. The number of anilines is 1. The number of aryl methyl sites for hydroxylation is 1. The average molecular weight is 224 g/mol. The number of hydrogen-bond acceptors (Lipinski definition) is 5. The van der Waals surface area contributed by atoms with Gasteiger partial charge in [0.25, 0.3) is 0 Å². The zero-order chi connectivity index (χ0) is 11.4. The van der Waals surface area contributed by atoms with Crippen LogP contribution in [0.3, 0.4) is 0 Å². The van der Waals surface area contributed by atoms with Crippen molar-refractivity contribution >= 4 is 5.82 Å². The molecule has 1 aromatic rings. The summed E-state index contributed by atoms with van der Waals surface area (Å²) in [5.41, 5.74) is 5.46. The molecule has 1 aliphatic heterocycles. The molecule has 0 spiro atoms. The Kier molecular flexibility index (Phi) is 2.98. The van der Waals surface area contributed by atoms with Crippen LogP contribution in [0.1, 0.15) is 26.2 Å². The molecule has 16 heavy (non-hydrogen) atoms. The van der Waals surface area contributed by atoms with E-state index in [0.717, 1.165) is 25.8 Å². The van der Waals surface area contributed by atoms with Gasteiger partial charge in [-0.25, -0.2) is 0 Å². The standard InChI is InChI=1S/C10H16N4O2/c1-10(15-6-7-16-10)4-2-3-5-14-12-8-9(11)13-14/h6-8H,2-5H2,1H3,(H2,11,13). The molecule has 0 fully saturated rings. The molecule has 1 aromatic heterocycles. The van der Waals surface area contributed by atoms with E-state index in [2.05, 4.69) is 10.2 Å². The SMILES string of the molecule is CC1(CCCCn2ncc(N)n2)OC=CO1. The summed E-state index contributed by atoms with van der Waals surface area (Å²) in [6.45, 7) is 2.69. The number of ether oxygens (including phenoxy) is 2. The zero-order valence-corrected chi connectivity index (χ0v) is 9.30. The van der Waals surface area contributed by atoms with E-state index in [1.807, 2.05) is 6.92 Å². The van der Waals surface area contributed by atoms with Crippen molar-refractivity contribution in [2.75, 3.05) is 5.73 Å². The smallest absolute Gasteiger partial charge is 0.247 e. The van der Waals surface area contributed by atoms with Gasteiger partial charge in [0, 0.05) is 13.3 Å². The zero-order valence-electron chi connectivity index (χ0n) is 9.30. The van der Waals surface area contributed by atoms with E-state index >= 15 is 0 Å². The first-order chi connectivity index (χ1) is 7.68. The van der Waals surface area contributed by atoms with Gasteiger partial charge in [0.05, 0.1) is 12.7 Å². The van der Waals surface area contributed by atoms with E-state index in [0.29, 0.717) is 5.82 Å². The average Bonchev–Trinajstić information content (AvgIpc) is 2.84. The first-order valence-electron chi connectivity index (χ1n) is 5.34. The van der Waals surface area contributed by atoms with Gasteiger partial charge >= 0.3 is 0 Å². The largest absolute Gasteiger partial charge is 0.457 e. The van der Waals surface area contributed by atoms with Crippen molar-refractivity contribution < 1.29 is 9.47 Å². The Balaban J connectivity index is 1.65. The molecule has 1 aliphatic rings. The monoisotopic (exact) mass is 224 g/mol. The van der Waals surface area contributed by atoms with Crippen LogP contribution >= 0.6 is 0 Å². The number of nitrogens with two attached hydrogens (primary N) is 1. The summed E-state index contributed by atoms with van der Waals surface area (Å²) in [4.78, 5) is 1.60. The maximum atomic E-state index is 5.46. The highest BCUT2D eigenvalue weighted by Crippen LogP contribution is 2.25. The van der Waals surface area contributed by atoms with Crippen LogP contribution in [0.15, 0.2) is 18.7 Å². The lowest BCUT2D eigenvalue weighted by atomic mass is 10.1. The molecule has 2 N–H and O–H groups in total. The lowest BCUT2D eigenvalue weighted by Gasteiger charge is -2.22. The maximum absolute atomic E-state index is 5.46. The van der Waals surface area contributed by atoms with Crippen molar-refractivity contribution in [1.82, 2.24) is 15.0 Å². The van der Waals surface area contributed by atoms with E-state index in [9.17, 15) is 0 Å². The first-order valence-corrected chi connectivity index (χ1v) is 5.34. The Morgan fingerprint density at radius 2 is 2.12 bits per heavy atom. The molecule has 0 saturated heterocycles. The van der Waals surface area contributed by atoms with Gasteiger partial charge in [0.15, 0.2) is 5.82 Å². The molecule has 0 saturated carbocycles. The van der Waals surface area contributed by atoms with E-state index in [4.69, 9.17) is 15.2 Å². The second-order valence-corrected chi connectivity index (χ2v) is 3.96. The van der Waals surface area contributed by atoms with Crippen LogP contribution in [-0.2, 0) is 16.0 Å². The third-order valence-corrected chi connectivity index (χ3v) is 2.48. The van der Waals surface area contributed by atoms with E-state index in [-0.39, 0.29) is 0 Å². The molecule has 88 valence electrons. The Morgan fingerprint density at radius 1 is 1.38 bits per heavy atom. The Morgan fingerprint density at radius 3 is 2.75 bits per heavy atom. The summed E-state index contributed by atoms with van der Waals surface area (Å²) in [6.07, 6.45) is 7.51. The number of nitrogen functional groups attached to an aromatic ring is 1. The minimum atomic E-state index is -0.490. The lowest BCUT2D eigenvalue weighted by Crippen LogP contribution is -2.25. The summed E-state index contributed by atoms with van der Waals surface area (Å²) in [5.74, 6) is -0.0325. The highest BCUT2D eigenvalue weighted by Gasteiger charge is 2.28. The Bertz CT molecular complexity index is 367. The number of hydrogen-bond donors (Lipinski definition) is 1. The lowest BCUT2D eigenvalue weighted by molar-refractivity contribution is -0.131. The van der Waals surface area contributed by atoms with Crippen molar-refractivity contribution in [2.24, 2.45) is 0 Å². The van der Waals surface area contributed by atoms with Crippen molar-refractivity contribution in [3.63, 3.8) is 0 Å². The van der Waals surface area contributed by atoms with Gasteiger partial charge in [-0.05, 0) is 12.8 Å². The fourth-order valence-corrected chi connectivity index (χ4v) is 1.61. The normalized spacial score (nSPS) is 17.1. The van der Waals surface area contributed by atoms with E-state index in [1.165, 1.54) is 0 Å². The van der Waals surface area contributed by atoms with Gasteiger partial charge in [-0.15, -0.1) is 5.10 Å². The predicted octanol–water partition coefficient (Wildman–Crippen LogP) is 1.26. The van der Waals surface area contributed by atoms with Crippen LogP contribution < -0.4 is 5.73 Å². The fourth-order valence-electron chi connectivity index (χ4n) is 1.61. The van der Waals surface area contributed by atoms with Crippen LogP contribution in [0.25, 0.3) is 0 Å². The minimum Gasteiger partial charge on any atom is -0.457 e. The van der Waals surface area contributed by atoms with Crippen LogP contribution in [0.5, 0.6) is 0 Å².